The van der Waals surface area contributed by atoms with Crippen LogP contribution < -0.4 is 0 Å². The van der Waals surface area contributed by atoms with E-state index in [0.29, 0.717) is 6.42 Å². The molecule has 3 atom stereocenters. The van der Waals surface area contributed by atoms with Crippen LogP contribution in [0.3, 0.4) is 0 Å². The van der Waals surface area contributed by atoms with Crippen molar-refractivity contribution in [3.63, 3.8) is 0 Å². The number of aliphatic hydroxyl groups is 1. The maximum atomic E-state index is 10.8. The lowest BCUT2D eigenvalue weighted by molar-refractivity contribution is -0.0220. The molecule has 0 aromatic rings. The first-order valence-corrected chi connectivity index (χ1v) is 6.28. The minimum Gasteiger partial charge on any atom is -0.390 e. The number of hydrogen-bond acceptors (Lipinski definition) is 4. The van der Waals surface area contributed by atoms with E-state index in [0.717, 1.165) is 19.1 Å². The Balaban J connectivity index is 2.59. The van der Waals surface area contributed by atoms with E-state index in [1.54, 1.807) is 0 Å². The lowest BCUT2D eigenvalue weighted by Crippen LogP contribution is -2.39. The average molecular weight is 208 g/mol. The molecule has 0 spiro atoms. The largest absolute Gasteiger partial charge is 0.390 e. The molecular weight excluding hydrogens is 192 g/mol. The first kappa shape index (κ1) is 10.9. The van der Waals surface area contributed by atoms with Crippen molar-refractivity contribution in [3.05, 3.63) is 0 Å². The lowest BCUT2D eigenvalue weighted by Gasteiger charge is -2.31. The number of rotatable bonds is 2. The van der Waals surface area contributed by atoms with Crippen LogP contribution in [0.15, 0.2) is 0 Å². The van der Waals surface area contributed by atoms with Crippen molar-refractivity contribution >= 4 is 10.1 Å². The maximum Gasteiger partial charge on any atom is 0.264 e. The predicted molar refractivity (Wildman–Crippen MR) is 48.7 cm³/mol. The molecule has 1 N–H and O–H groups in total. The third-order valence-corrected chi connectivity index (χ3v) is 3.01. The van der Waals surface area contributed by atoms with Crippen molar-refractivity contribution < 1.29 is 17.7 Å². The predicted octanol–water partition coefficient (Wildman–Crippen LogP) is 0.512. The van der Waals surface area contributed by atoms with E-state index < -0.39 is 22.3 Å². The van der Waals surface area contributed by atoms with E-state index in [4.69, 9.17) is 4.18 Å². The van der Waals surface area contributed by atoms with Gasteiger partial charge in [0.2, 0.25) is 0 Å². The molecule has 1 aliphatic carbocycles. The summed E-state index contributed by atoms with van der Waals surface area (Å²) in [5, 5.41) is 9.61. The standard InChI is InChI=1S/C8H16O4S/c1-6-4-3-5-7(8(6)9)12-13(2,10)11/h6-9H,3-5H2,1-2H3/t6-,7-,8+/m0/s1. The molecule has 0 saturated heterocycles. The van der Waals surface area contributed by atoms with Crippen LogP contribution >= 0.6 is 0 Å². The molecule has 1 fully saturated rings. The summed E-state index contributed by atoms with van der Waals surface area (Å²) in [5.74, 6) is 0.125. The van der Waals surface area contributed by atoms with Gasteiger partial charge < -0.3 is 5.11 Å². The van der Waals surface area contributed by atoms with Crippen molar-refractivity contribution in [1.82, 2.24) is 0 Å². The Bertz CT molecular complexity index is 259. The molecule has 0 unspecified atom stereocenters. The Hall–Kier alpha value is -0.130. The highest BCUT2D eigenvalue weighted by molar-refractivity contribution is 7.86. The summed E-state index contributed by atoms with van der Waals surface area (Å²) in [5.41, 5.74) is 0. The fourth-order valence-electron chi connectivity index (χ4n) is 1.68. The van der Waals surface area contributed by atoms with Gasteiger partial charge in [-0.05, 0) is 18.8 Å². The van der Waals surface area contributed by atoms with Gasteiger partial charge >= 0.3 is 0 Å². The summed E-state index contributed by atoms with van der Waals surface area (Å²) in [4.78, 5) is 0. The zero-order valence-electron chi connectivity index (χ0n) is 7.93. The van der Waals surface area contributed by atoms with Gasteiger partial charge in [0.05, 0.1) is 12.4 Å². The molecule has 4 nitrogen and oxygen atoms in total. The zero-order chi connectivity index (χ0) is 10.1. The van der Waals surface area contributed by atoms with Crippen LogP contribution in [0.2, 0.25) is 0 Å². The molecule has 0 radical (unpaired) electrons. The summed E-state index contributed by atoms with van der Waals surface area (Å²) in [7, 11) is -3.44. The zero-order valence-corrected chi connectivity index (χ0v) is 8.75. The third kappa shape index (κ3) is 3.25. The molecule has 0 bridgehead atoms. The molecule has 0 amide bonds. The van der Waals surface area contributed by atoms with Gasteiger partial charge in [0.15, 0.2) is 0 Å². The van der Waals surface area contributed by atoms with Crippen LogP contribution in [-0.4, -0.2) is 32.0 Å². The van der Waals surface area contributed by atoms with E-state index >= 15 is 0 Å². The molecular formula is C8H16O4S. The first-order valence-electron chi connectivity index (χ1n) is 4.46. The Morgan fingerprint density at radius 1 is 1.38 bits per heavy atom. The molecule has 0 aromatic carbocycles. The fraction of sp³-hybridized carbons (Fsp3) is 1.00. The lowest BCUT2D eigenvalue weighted by atomic mass is 9.86. The second kappa shape index (κ2) is 3.94. The van der Waals surface area contributed by atoms with E-state index in [-0.39, 0.29) is 5.92 Å². The van der Waals surface area contributed by atoms with Gasteiger partial charge in [0.25, 0.3) is 10.1 Å². The molecule has 5 heteroatoms. The van der Waals surface area contributed by atoms with Crippen molar-refractivity contribution in [2.24, 2.45) is 5.92 Å². The number of aliphatic hydroxyl groups excluding tert-OH is 1. The van der Waals surface area contributed by atoms with Gasteiger partial charge in [-0.2, -0.15) is 8.42 Å². The highest BCUT2D eigenvalue weighted by Crippen LogP contribution is 2.27. The molecule has 78 valence electrons. The van der Waals surface area contributed by atoms with Gasteiger partial charge in [0.1, 0.15) is 6.10 Å². The average Bonchev–Trinajstić information content (AvgIpc) is 1.96. The second-order valence-corrected chi connectivity index (χ2v) is 5.34. The second-order valence-electron chi connectivity index (χ2n) is 3.74. The minimum atomic E-state index is -3.44. The third-order valence-electron chi connectivity index (χ3n) is 2.41. The maximum absolute atomic E-state index is 10.8. The Morgan fingerprint density at radius 3 is 2.54 bits per heavy atom. The summed E-state index contributed by atoms with van der Waals surface area (Å²) < 4.78 is 26.4. The molecule has 1 saturated carbocycles. The van der Waals surface area contributed by atoms with Crippen molar-refractivity contribution in [3.8, 4) is 0 Å². The van der Waals surface area contributed by atoms with Crippen molar-refractivity contribution in [2.75, 3.05) is 6.26 Å². The van der Waals surface area contributed by atoms with E-state index in [1.807, 2.05) is 6.92 Å². The van der Waals surface area contributed by atoms with E-state index in [2.05, 4.69) is 0 Å². The smallest absolute Gasteiger partial charge is 0.264 e. The van der Waals surface area contributed by atoms with Gasteiger partial charge in [0, 0.05) is 0 Å². The molecule has 1 rings (SSSR count). The Morgan fingerprint density at radius 2 is 2.00 bits per heavy atom. The van der Waals surface area contributed by atoms with Crippen LogP contribution in [0.25, 0.3) is 0 Å². The molecule has 13 heavy (non-hydrogen) atoms. The summed E-state index contributed by atoms with van der Waals surface area (Å²) in [6, 6.07) is 0. The van der Waals surface area contributed by atoms with Crippen LogP contribution in [-0.2, 0) is 14.3 Å². The highest BCUT2D eigenvalue weighted by atomic mass is 32.2. The van der Waals surface area contributed by atoms with Crippen LogP contribution in [0.4, 0.5) is 0 Å². The van der Waals surface area contributed by atoms with Crippen molar-refractivity contribution in [2.45, 2.75) is 38.4 Å². The number of hydrogen-bond donors (Lipinski definition) is 1. The minimum absolute atomic E-state index is 0.125. The Labute approximate surface area is 79.0 Å². The highest BCUT2D eigenvalue weighted by Gasteiger charge is 2.31. The van der Waals surface area contributed by atoms with Gasteiger partial charge in [-0.3, -0.25) is 4.18 Å². The first-order chi connectivity index (χ1) is 5.90. The summed E-state index contributed by atoms with van der Waals surface area (Å²) in [6.07, 6.45) is 2.29. The topological polar surface area (TPSA) is 63.6 Å². The van der Waals surface area contributed by atoms with Gasteiger partial charge in [-0.15, -0.1) is 0 Å². The Kier molecular flexibility index (Phi) is 3.32. The summed E-state index contributed by atoms with van der Waals surface area (Å²) >= 11 is 0. The van der Waals surface area contributed by atoms with Gasteiger partial charge in [-0.25, -0.2) is 0 Å². The molecule has 0 heterocycles. The molecule has 1 aliphatic rings. The normalized spacial score (nSPS) is 36.1. The van der Waals surface area contributed by atoms with Crippen LogP contribution in [0.1, 0.15) is 26.2 Å². The van der Waals surface area contributed by atoms with Gasteiger partial charge in [-0.1, -0.05) is 13.3 Å². The van der Waals surface area contributed by atoms with E-state index in [1.165, 1.54) is 0 Å². The van der Waals surface area contributed by atoms with Crippen molar-refractivity contribution in [1.29, 1.82) is 0 Å². The SMILES string of the molecule is C[C@H]1CCC[C@H](OS(C)(=O)=O)[C@@H]1O. The monoisotopic (exact) mass is 208 g/mol. The van der Waals surface area contributed by atoms with Crippen LogP contribution in [0.5, 0.6) is 0 Å². The van der Waals surface area contributed by atoms with Crippen LogP contribution in [0, 0.1) is 5.92 Å². The summed E-state index contributed by atoms with van der Waals surface area (Å²) in [6.45, 7) is 1.91. The molecule has 0 aromatic heterocycles. The molecule has 0 aliphatic heterocycles. The fourth-order valence-corrected chi connectivity index (χ4v) is 2.34. The van der Waals surface area contributed by atoms with E-state index in [9.17, 15) is 13.5 Å². The quantitative estimate of drug-likeness (QED) is 0.672.